The van der Waals surface area contributed by atoms with Crippen molar-refractivity contribution in [3.63, 3.8) is 0 Å². The van der Waals surface area contributed by atoms with Crippen LogP contribution in [0.25, 0.3) is 5.69 Å². The van der Waals surface area contributed by atoms with E-state index in [0.717, 1.165) is 22.5 Å². The first kappa shape index (κ1) is 17.7. The van der Waals surface area contributed by atoms with Crippen molar-refractivity contribution in [1.82, 2.24) is 30.3 Å². The van der Waals surface area contributed by atoms with Gasteiger partial charge in [-0.1, -0.05) is 18.2 Å². The van der Waals surface area contributed by atoms with Gasteiger partial charge in [0.25, 0.3) is 0 Å². The molecule has 0 aliphatic carbocycles. The molecular weight excluding hydrogens is 330 g/mol. The van der Waals surface area contributed by atoms with Gasteiger partial charge in [-0.2, -0.15) is 10.1 Å². The van der Waals surface area contributed by atoms with Crippen LogP contribution in [0.15, 0.2) is 30.5 Å². The molecule has 1 atom stereocenters. The fourth-order valence-corrected chi connectivity index (χ4v) is 2.94. The predicted octanol–water partition coefficient (Wildman–Crippen LogP) is 2.00. The number of carbonyl (C=O) groups is 1. The van der Waals surface area contributed by atoms with Gasteiger partial charge in [-0.3, -0.25) is 9.89 Å². The number of hydrogen-bond donors (Lipinski definition) is 3. The number of aryl methyl sites for hydroxylation is 2. The number of anilines is 1. The van der Waals surface area contributed by atoms with Gasteiger partial charge in [0.15, 0.2) is 0 Å². The smallest absolute Gasteiger partial charge is 0.239 e. The monoisotopic (exact) mass is 353 g/mol. The van der Waals surface area contributed by atoms with Crippen molar-refractivity contribution in [3.05, 3.63) is 53.1 Å². The van der Waals surface area contributed by atoms with Gasteiger partial charge in [-0.05, 0) is 32.4 Å². The number of amides is 1. The Labute approximate surface area is 151 Å². The minimum Gasteiger partial charge on any atom is -0.367 e. The highest BCUT2D eigenvalue weighted by Crippen LogP contribution is 2.22. The molecule has 3 aromatic rings. The van der Waals surface area contributed by atoms with Gasteiger partial charge >= 0.3 is 0 Å². The Bertz CT molecular complexity index is 912. The molecule has 8 heteroatoms. The number of nitrogens with zero attached hydrogens (tertiary/aromatic N) is 4. The lowest BCUT2D eigenvalue weighted by Crippen LogP contribution is -2.27. The van der Waals surface area contributed by atoms with Crippen molar-refractivity contribution < 1.29 is 4.79 Å². The minimum atomic E-state index is -0.139. The highest BCUT2D eigenvalue weighted by atomic mass is 16.1. The number of para-hydroxylation sites is 1. The Morgan fingerprint density at radius 1 is 1.35 bits per heavy atom. The van der Waals surface area contributed by atoms with E-state index < -0.39 is 0 Å². The number of rotatable bonds is 6. The van der Waals surface area contributed by atoms with Crippen molar-refractivity contribution in [2.75, 3.05) is 5.73 Å². The van der Waals surface area contributed by atoms with E-state index in [1.165, 1.54) is 0 Å². The third-order valence-electron chi connectivity index (χ3n) is 4.37. The molecule has 0 bridgehead atoms. The number of benzene rings is 1. The van der Waals surface area contributed by atoms with Crippen molar-refractivity contribution in [2.45, 2.75) is 39.7 Å². The first-order valence-corrected chi connectivity index (χ1v) is 8.52. The summed E-state index contributed by atoms with van der Waals surface area (Å²) in [6, 6.07) is 7.94. The van der Waals surface area contributed by atoms with Crippen LogP contribution in [0.3, 0.4) is 0 Å². The molecule has 0 spiro atoms. The molecule has 2 aromatic heterocycles. The van der Waals surface area contributed by atoms with Crippen molar-refractivity contribution >= 4 is 11.9 Å². The van der Waals surface area contributed by atoms with Crippen LogP contribution < -0.4 is 11.1 Å². The standard InChI is InChI=1S/C18H23N7O/c1-11-6-4-5-7-15(11)25-13(3)14(10-20-25)12(2)21-17(26)9-8-16-22-18(19)24-23-16/h4-7,10,12H,8-9H2,1-3H3,(H,21,26)(H3,19,22,23,24)/t12-/m0/s1. The molecule has 3 rings (SSSR count). The van der Waals surface area contributed by atoms with E-state index in [4.69, 9.17) is 5.73 Å². The Morgan fingerprint density at radius 2 is 2.12 bits per heavy atom. The SMILES string of the molecule is Cc1ccccc1-n1ncc([C@H](C)NC(=O)CCc2nc(N)n[nH]2)c1C. The van der Waals surface area contributed by atoms with Gasteiger partial charge in [0.05, 0.1) is 17.9 Å². The third kappa shape index (κ3) is 3.74. The van der Waals surface area contributed by atoms with Crippen LogP contribution in [-0.2, 0) is 11.2 Å². The summed E-state index contributed by atoms with van der Waals surface area (Å²) in [6.45, 7) is 6.02. The summed E-state index contributed by atoms with van der Waals surface area (Å²) in [7, 11) is 0. The summed E-state index contributed by atoms with van der Waals surface area (Å²) in [5.74, 6) is 0.734. The zero-order valence-corrected chi connectivity index (χ0v) is 15.2. The number of hydrogen-bond acceptors (Lipinski definition) is 5. The number of H-pyrrole nitrogens is 1. The number of nitrogens with two attached hydrogens (primary N) is 1. The summed E-state index contributed by atoms with van der Waals surface area (Å²) in [5.41, 5.74) is 9.64. The van der Waals surface area contributed by atoms with Gasteiger partial charge in [0.1, 0.15) is 5.82 Å². The van der Waals surface area contributed by atoms with Gasteiger partial charge in [-0.15, -0.1) is 5.10 Å². The van der Waals surface area contributed by atoms with E-state index >= 15 is 0 Å². The molecule has 1 amide bonds. The maximum Gasteiger partial charge on any atom is 0.239 e. The van der Waals surface area contributed by atoms with Crippen molar-refractivity contribution in [3.8, 4) is 5.69 Å². The van der Waals surface area contributed by atoms with Crippen LogP contribution in [0.5, 0.6) is 0 Å². The zero-order chi connectivity index (χ0) is 18.7. The number of aromatic nitrogens is 5. The summed E-state index contributed by atoms with van der Waals surface area (Å²) in [4.78, 5) is 16.2. The molecule has 26 heavy (non-hydrogen) atoms. The van der Waals surface area contributed by atoms with Crippen molar-refractivity contribution in [1.29, 1.82) is 0 Å². The van der Waals surface area contributed by atoms with E-state index in [2.05, 4.69) is 38.6 Å². The molecule has 0 saturated carbocycles. The maximum absolute atomic E-state index is 12.2. The lowest BCUT2D eigenvalue weighted by molar-refractivity contribution is -0.121. The quantitative estimate of drug-likeness (QED) is 0.627. The first-order valence-electron chi connectivity index (χ1n) is 8.52. The first-order chi connectivity index (χ1) is 12.5. The third-order valence-corrected chi connectivity index (χ3v) is 4.37. The molecule has 0 fully saturated rings. The van der Waals surface area contributed by atoms with Crippen LogP contribution in [0, 0.1) is 13.8 Å². The molecule has 0 unspecified atom stereocenters. The molecular formula is C18H23N7O. The summed E-state index contributed by atoms with van der Waals surface area (Å²) < 4.78 is 1.91. The van der Waals surface area contributed by atoms with Gasteiger partial charge in [-0.25, -0.2) is 4.68 Å². The highest BCUT2D eigenvalue weighted by molar-refractivity contribution is 5.76. The minimum absolute atomic E-state index is 0.0597. The Hall–Kier alpha value is -3.16. The number of carbonyl (C=O) groups excluding carboxylic acids is 1. The van der Waals surface area contributed by atoms with Crippen molar-refractivity contribution in [2.24, 2.45) is 0 Å². The van der Waals surface area contributed by atoms with Crippen LogP contribution in [0.2, 0.25) is 0 Å². The molecule has 0 saturated heterocycles. The number of nitrogen functional groups attached to an aromatic ring is 1. The van der Waals surface area contributed by atoms with Gasteiger partial charge in [0, 0.05) is 24.1 Å². The number of aromatic amines is 1. The lowest BCUT2D eigenvalue weighted by atomic mass is 10.1. The molecule has 0 aliphatic rings. The lowest BCUT2D eigenvalue weighted by Gasteiger charge is -2.14. The molecule has 0 aliphatic heterocycles. The largest absolute Gasteiger partial charge is 0.367 e. The molecule has 0 radical (unpaired) electrons. The molecule has 8 nitrogen and oxygen atoms in total. The summed E-state index contributed by atoms with van der Waals surface area (Å²) >= 11 is 0. The maximum atomic E-state index is 12.2. The molecule has 1 aromatic carbocycles. The second-order valence-corrected chi connectivity index (χ2v) is 6.31. The van der Waals surface area contributed by atoms with E-state index in [1.807, 2.05) is 42.9 Å². The van der Waals surface area contributed by atoms with E-state index in [-0.39, 0.29) is 17.9 Å². The van der Waals surface area contributed by atoms with E-state index in [9.17, 15) is 4.79 Å². The van der Waals surface area contributed by atoms with Crippen LogP contribution in [0.1, 0.15) is 42.0 Å². The van der Waals surface area contributed by atoms with Gasteiger partial charge < -0.3 is 11.1 Å². The van der Waals surface area contributed by atoms with Crippen LogP contribution in [-0.4, -0.2) is 30.9 Å². The van der Waals surface area contributed by atoms with Crippen LogP contribution in [0.4, 0.5) is 5.95 Å². The summed E-state index contributed by atoms with van der Waals surface area (Å²) in [5, 5.41) is 14.0. The van der Waals surface area contributed by atoms with E-state index in [0.29, 0.717) is 18.7 Å². The van der Waals surface area contributed by atoms with Crippen LogP contribution >= 0.6 is 0 Å². The average Bonchev–Trinajstić information content (AvgIpc) is 3.19. The summed E-state index contributed by atoms with van der Waals surface area (Å²) in [6.07, 6.45) is 2.58. The average molecular weight is 353 g/mol. The second kappa shape index (κ2) is 7.38. The fraction of sp³-hybridized carbons (Fsp3) is 0.333. The van der Waals surface area contributed by atoms with E-state index in [1.54, 1.807) is 0 Å². The number of nitrogens with one attached hydrogen (secondary N) is 2. The second-order valence-electron chi connectivity index (χ2n) is 6.31. The topological polar surface area (TPSA) is 115 Å². The normalized spacial score (nSPS) is 12.1. The Morgan fingerprint density at radius 3 is 2.81 bits per heavy atom. The molecule has 136 valence electrons. The molecule has 4 N–H and O–H groups in total. The predicted molar refractivity (Wildman–Crippen MR) is 98.7 cm³/mol. The fourth-order valence-electron chi connectivity index (χ4n) is 2.94. The Kier molecular flexibility index (Phi) is 5.01. The van der Waals surface area contributed by atoms with Gasteiger partial charge in [0.2, 0.25) is 11.9 Å². The Balaban J connectivity index is 1.65. The molecule has 2 heterocycles. The highest BCUT2D eigenvalue weighted by Gasteiger charge is 2.17. The zero-order valence-electron chi connectivity index (χ0n) is 15.2.